The third-order valence-corrected chi connectivity index (χ3v) is 3.99. The van der Waals surface area contributed by atoms with Crippen molar-refractivity contribution in [3.8, 4) is 0 Å². The van der Waals surface area contributed by atoms with Gasteiger partial charge in [0.25, 0.3) is 0 Å². The largest absolute Gasteiger partial charge is 0.392 e. The molecular formula is C12H20N4O3S. The second-order valence-electron chi connectivity index (χ2n) is 4.53. The lowest BCUT2D eigenvalue weighted by molar-refractivity contribution is -0.389. The number of nitrogens with zero attached hydrogens (tertiary/aromatic N) is 3. The van der Waals surface area contributed by atoms with E-state index in [9.17, 15) is 15.2 Å². The molecular weight excluding hydrogens is 280 g/mol. The minimum absolute atomic E-state index is 0.0930. The molecule has 0 saturated heterocycles. The van der Waals surface area contributed by atoms with E-state index in [1.54, 1.807) is 20.8 Å². The summed E-state index contributed by atoms with van der Waals surface area (Å²) in [7, 11) is 0. The predicted molar refractivity (Wildman–Crippen MR) is 79.2 cm³/mol. The lowest BCUT2D eigenvalue weighted by Gasteiger charge is -2.14. The molecule has 0 spiro atoms. The molecule has 0 fully saturated rings. The molecule has 0 bridgehead atoms. The molecule has 0 aliphatic carbocycles. The van der Waals surface area contributed by atoms with Crippen molar-refractivity contribution in [2.24, 2.45) is 0 Å². The molecule has 1 heterocycles. The fourth-order valence-corrected chi connectivity index (χ4v) is 2.45. The molecule has 2 unspecified atom stereocenters. The van der Waals surface area contributed by atoms with Crippen LogP contribution in [-0.2, 0) is 0 Å². The number of aliphatic hydroxyl groups excluding tert-OH is 1. The Balaban J connectivity index is 3.14. The predicted octanol–water partition coefficient (Wildman–Crippen LogP) is 2.38. The molecule has 1 aromatic rings. The van der Waals surface area contributed by atoms with Crippen LogP contribution in [0, 0.1) is 17.0 Å². The fourth-order valence-electron chi connectivity index (χ4n) is 1.42. The molecule has 7 nitrogen and oxygen atoms in total. The van der Waals surface area contributed by atoms with Crippen LogP contribution in [0.5, 0.6) is 0 Å². The number of anilines is 1. The van der Waals surface area contributed by atoms with Crippen LogP contribution in [-0.4, -0.2) is 37.9 Å². The van der Waals surface area contributed by atoms with Crippen molar-refractivity contribution in [1.29, 1.82) is 0 Å². The van der Waals surface area contributed by atoms with E-state index in [-0.39, 0.29) is 16.0 Å². The molecule has 2 N–H and O–H groups in total. The van der Waals surface area contributed by atoms with E-state index in [2.05, 4.69) is 15.3 Å². The van der Waals surface area contributed by atoms with E-state index in [0.29, 0.717) is 18.2 Å². The SMILES string of the molecule is CCCNc1nc(C)c([N+](=O)[O-])c(SC(C)C(C)O)n1. The Morgan fingerprint density at radius 2 is 2.10 bits per heavy atom. The van der Waals surface area contributed by atoms with Crippen LogP contribution in [0.2, 0.25) is 0 Å². The van der Waals surface area contributed by atoms with Crippen molar-refractivity contribution < 1.29 is 10.0 Å². The van der Waals surface area contributed by atoms with Gasteiger partial charge in [0.05, 0.1) is 11.0 Å². The highest BCUT2D eigenvalue weighted by Crippen LogP contribution is 2.34. The van der Waals surface area contributed by atoms with Crippen LogP contribution in [0.1, 0.15) is 32.9 Å². The van der Waals surface area contributed by atoms with E-state index in [4.69, 9.17) is 0 Å². The number of hydrogen-bond acceptors (Lipinski definition) is 7. The Morgan fingerprint density at radius 1 is 1.45 bits per heavy atom. The van der Waals surface area contributed by atoms with Crippen LogP contribution < -0.4 is 5.32 Å². The average Bonchev–Trinajstić information content (AvgIpc) is 2.35. The molecule has 0 amide bonds. The first-order chi connectivity index (χ1) is 9.36. The fraction of sp³-hybridized carbons (Fsp3) is 0.667. The summed E-state index contributed by atoms with van der Waals surface area (Å²) >= 11 is 1.19. The van der Waals surface area contributed by atoms with Gasteiger partial charge in [-0.2, -0.15) is 4.98 Å². The summed E-state index contributed by atoms with van der Waals surface area (Å²) in [6, 6.07) is 0. The topological polar surface area (TPSA) is 101 Å². The standard InChI is InChI=1S/C12H20N4O3S/c1-5-6-13-12-14-7(2)10(16(18)19)11(15-12)20-9(4)8(3)17/h8-9,17H,5-6H2,1-4H3,(H,13,14,15). The molecule has 8 heteroatoms. The third kappa shape index (κ3) is 4.31. The summed E-state index contributed by atoms with van der Waals surface area (Å²) in [5, 5.41) is 23.8. The second kappa shape index (κ2) is 7.39. The Hall–Kier alpha value is -1.41. The second-order valence-corrected chi connectivity index (χ2v) is 5.90. The summed E-state index contributed by atoms with van der Waals surface area (Å²) in [6.45, 7) is 7.75. The highest BCUT2D eigenvalue weighted by molar-refractivity contribution is 8.00. The van der Waals surface area contributed by atoms with Crippen molar-refractivity contribution in [2.75, 3.05) is 11.9 Å². The third-order valence-electron chi connectivity index (χ3n) is 2.72. The van der Waals surface area contributed by atoms with Gasteiger partial charge in [-0.15, -0.1) is 0 Å². The maximum atomic E-state index is 11.1. The number of thioether (sulfide) groups is 1. The molecule has 0 saturated carbocycles. The minimum Gasteiger partial charge on any atom is -0.392 e. The number of rotatable bonds is 7. The molecule has 1 aromatic heterocycles. The monoisotopic (exact) mass is 300 g/mol. The molecule has 0 aromatic carbocycles. The average molecular weight is 300 g/mol. The van der Waals surface area contributed by atoms with Crippen molar-refractivity contribution in [1.82, 2.24) is 9.97 Å². The van der Waals surface area contributed by atoms with E-state index < -0.39 is 11.0 Å². The van der Waals surface area contributed by atoms with Gasteiger partial charge in [-0.1, -0.05) is 25.6 Å². The highest BCUT2D eigenvalue weighted by atomic mass is 32.2. The van der Waals surface area contributed by atoms with Gasteiger partial charge in [-0.05, 0) is 20.3 Å². The number of hydrogen-bond donors (Lipinski definition) is 2. The van der Waals surface area contributed by atoms with Gasteiger partial charge >= 0.3 is 5.69 Å². The Morgan fingerprint density at radius 3 is 2.60 bits per heavy atom. The first-order valence-electron chi connectivity index (χ1n) is 6.48. The molecule has 0 aliphatic heterocycles. The van der Waals surface area contributed by atoms with Crippen LogP contribution in [0.3, 0.4) is 0 Å². The lowest BCUT2D eigenvalue weighted by Crippen LogP contribution is -2.16. The molecule has 0 aliphatic rings. The Kier molecular flexibility index (Phi) is 6.15. The number of aryl methyl sites for hydroxylation is 1. The molecule has 20 heavy (non-hydrogen) atoms. The number of nitro groups is 1. The van der Waals surface area contributed by atoms with Gasteiger partial charge in [-0.3, -0.25) is 10.1 Å². The van der Waals surface area contributed by atoms with Crippen LogP contribution in [0.4, 0.5) is 11.6 Å². The molecule has 112 valence electrons. The first-order valence-corrected chi connectivity index (χ1v) is 7.36. The zero-order valence-corrected chi connectivity index (χ0v) is 12.9. The number of aromatic nitrogens is 2. The van der Waals surface area contributed by atoms with Crippen LogP contribution in [0.15, 0.2) is 5.03 Å². The van der Waals surface area contributed by atoms with Gasteiger partial charge in [0.2, 0.25) is 5.95 Å². The summed E-state index contributed by atoms with van der Waals surface area (Å²) < 4.78 is 0. The number of aliphatic hydroxyl groups is 1. The van der Waals surface area contributed by atoms with Gasteiger partial charge in [0.1, 0.15) is 5.69 Å². The summed E-state index contributed by atoms with van der Waals surface area (Å²) in [5.74, 6) is 0.384. The Labute approximate surface area is 122 Å². The van der Waals surface area contributed by atoms with Gasteiger partial charge < -0.3 is 10.4 Å². The van der Waals surface area contributed by atoms with Gasteiger partial charge in [0, 0.05) is 11.8 Å². The summed E-state index contributed by atoms with van der Waals surface area (Å²) in [5.41, 5.74) is 0.230. The smallest absolute Gasteiger partial charge is 0.322 e. The van der Waals surface area contributed by atoms with E-state index in [1.807, 2.05) is 6.92 Å². The molecule has 1 rings (SSSR count). The maximum absolute atomic E-state index is 11.1. The van der Waals surface area contributed by atoms with Crippen molar-refractivity contribution in [3.63, 3.8) is 0 Å². The lowest BCUT2D eigenvalue weighted by atomic mass is 10.3. The summed E-state index contributed by atoms with van der Waals surface area (Å²) in [6.07, 6.45) is 0.327. The maximum Gasteiger partial charge on any atom is 0.322 e. The quantitative estimate of drug-likeness (QED) is 0.345. The minimum atomic E-state index is -0.582. The molecule has 2 atom stereocenters. The van der Waals surface area contributed by atoms with Crippen LogP contribution in [0.25, 0.3) is 0 Å². The first kappa shape index (κ1) is 16.6. The van der Waals surface area contributed by atoms with Gasteiger partial charge in [0.15, 0.2) is 5.03 Å². The van der Waals surface area contributed by atoms with E-state index in [0.717, 1.165) is 6.42 Å². The zero-order chi connectivity index (χ0) is 15.3. The zero-order valence-electron chi connectivity index (χ0n) is 12.1. The van der Waals surface area contributed by atoms with Crippen molar-refractivity contribution >= 4 is 23.4 Å². The van der Waals surface area contributed by atoms with Crippen molar-refractivity contribution in [2.45, 2.75) is 50.5 Å². The summed E-state index contributed by atoms with van der Waals surface area (Å²) in [4.78, 5) is 19.0. The van der Waals surface area contributed by atoms with E-state index >= 15 is 0 Å². The van der Waals surface area contributed by atoms with Crippen molar-refractivity contribution in [3.05, 3.63) is 15.8 Å². The normalized spacial score (nSPS) is 13.8. The van der Waals surface area contributed by atoms with Crippen LogP contribution >= 0.6 is 11.8 Å². The Bertz CT molecular complexity index is 482. The van der Waals surface area contributed by atoms with E-state index in [1.165, 1.54) is 11.8 Å². The van der Waals surface area contributed by atoms with Gasteiger partial charge in [-0.25, -0.2) is 4.98 Å². The number of nitrogens with one attached hydrogen (secondary N) is 1. The highest BCUT2D eigenvalue weighted by Gasteiger charge is 2.25. The molecule has 0 radical (unpaired) electrons.